The van der Waals surface area contributed by atoms with Crippen LogP contribution in [0.15, 0.2) is 41.1 Å². The fourth-order valence-electron chi connectivity index (χ4n) is 2.06. The summed E-state index contributed by atoms with van der Waals surface area (Å²) < 4.78 is 4.75. The second-order valence-corrected chi connectivity index (χ2v) is 4.87. The maximum atomic E-state index is 12.2. The molecule has 0 saturated carbocycles. The number of ether oxygens (including phenoxy) is 1. The number of carbonyl (C=O) groups excluding carboxylic acids is 2. The van der Waals surface area contributed by atoms with E-state index in [-0.39, 0.29) is 5.91 Å². The summed E-state index contributed by atoms with van der Waals surface area (Å²) in [5, 5.41) is 0.568. The van der Waals surface area contributed by atoms with Crippen molar-refractivity contribution >= 4 is 29.6 Å². The maximum Gasteiger partial charge on any atom is 0.340 e. The average molecular weight is 292 g/mol. The van der Waals surface area contributed by atoms with Gasteiger partial charge in [0.05, 0.1) is 18.3 Å². The van der Waals surface area contributed by atoms with Gasteiger partial charge in [-0.15, -0.1) is 0 Å². The van der Waals surface area contributed by atoms with Crippen molar-refractivity contribution in [3.63, 3.8) is 0 Å². The zero-order valence-corrected chi connectivity index (χ0v) is 12.2. The summed E-state index contributed by atoms with van der Waals surface area (Å²) in [4.78, 5) is 25.5. The van der Waals surface area contributed by atoms with Crippen LogP contribution in [0.2, 0.25) is 5.02 Å². The van der Waals surface area contributed by atoms with Gasteiger partial charge >= 0.3 is 5.97 Å². The molecule has 0 atom stereocenters. The SMILES string of the molecule is COC(=O)C1=C(C)N(C)C(=O)C1=Cc1cccc(Cl)c1. The van der Waals surface area contributed by atoms with E-state index in [4.69, 9.17) is 16.3 Å². The molecule has 0 N–H and O–H groups in total. The first kappa shape index (κ1) is 14.3. The van der Waals surface area contributed by atoms with Crippen molar-refractivity contribution in [1.82, 2.24) is 4.90 Å². The molecule has 0 aromatic heterocycles. The molecule has 1 amide bonds. The van der Waals surface area contributed by atoms with E-state index in [0.717, 1.165) is 5.56 Å². The first-order valence-electron chi connectivity index (χ1n) is 6.00. The molecule has 1 aromatic rings. The first-order valence-corrected chi connectivity index (χ1v) is 6.38. The molecule has 20 heavy (non-hydrogen) atoms. The summed E-state index contributed by atoms with van der Waals surface area (Å²) in [6, 6.07) is 7.07. The zero-order chi connectivity index (χ0) is 14.9. The smallest absolute Gasteiger partial charge is 0.340 e. The summed E-state index contributed by atoms with van der Waals surface area (Å²) in [5.74, 6) is -0.753. The summed E-state index contributed by atoms with van der Waals surface area (Å²) in [6.07, 6.45) is 1.65. The van der Waals surface area contributed by atoms with Gasteiger partial charge in [0.1, 0.15) is 0 Å². The van der Waals surface area contributed by atoms with E-state index in [0.29, 0.717) is 21.9 Å². The number of methoxy groups -OCH3 is 1. The van der Waals surface area contributed by atoms with E-state index in [1.807, 2.05) is 6.07 Å². The minimum Gasteiger partial charge on any atom is -0.465 e. The molecule has 0 radical (unpaired) electrons. The van der Waals surface area contributed by atoms with Gasteiger partial charge in [0, 0.05) is 17.8 Å². The Hall–Kier alpha value is -2.07. The molecular weight excluding hydrogens is 278 g/mol. The fourth-order valence-corrected chi connectivity index (χ4v) is 2.26. The third kappa shape index (κ3) is 2.47. The number of rotatable bonds is 2. The molecule has 0 spiro atoms. The Morgan fingerprint density at radius 1 is 1.40 bits per heavy atom. The van der Waals surface area contributed by atoms with Crippen molar-refractivity contribution in [3.05, 3.63) is 51.7 Å². The van der Waals surface area contributed by atoms with Gasteiger partial charge in [-0.2, -0.15) is 0 Å². The largest absolute Gasteiger partial charge is 0.465 e. The fraction of sp³-hybridized carbons (Fsp3) is 0.200. The van der Waals surface area contributed by atoms with Crippen LogP contribution in [0.1, 0.15) is 12.5 Å². The Kier molecular flexibility index (Phi) is 3.95. The minimum absolute atomic E-state index is 0.233. The van der Waals surface area contributed by atoms with Crippen LogP contribution in [-0.4, -0.2) is 30.9 Å². The Labute approximate surface area is 122 Å². The van der Waals surface area contributed by atoms with Crippen LogP contribution in [-0.2, 0) is 14.3 Å². The Morgan fingerprint density at radius 2 is 2.10 bits per heavy atom. The van der Waals surface area contributed by atoms with Crippen molar-refractivity contribution < 1.29 is 14.3 Å². The molecule has 0 bridgehead atoms. The Balaban J connectivity index is 2.53. The highest BCUT2D eigenvalue weighted by Crippen LogP contribution is 2.30. The quantitative estimate of drug-likeness (QED) is 0.622. The molecule has 0 fully saturated rings. The lowest BCUT2D eigenvalue weighted by Gasteiger charge is -2.08. The second kappa shape index (κ2) is 5.51. The molecular formula is C15H14ClNO3. The van der Waals surface area contributed by atoms with Crippen LogP contribution in [0, 0.1) is 0 Å². The highest BCUT2D eigenvalue weighted by molar-refractivity contribution is 6.30. The van der Waals surface area contributed by atoms with Gasteiger partial charge in [-0.05, 0) is 30.7 Å². The number of likely N-dealkylation sites (N-methyl/N-ethyl adjacent to an activating group) is 1. The van der Waals surface area contributed by atoms with Crippen LogP contribution in [0.5, 0.6) is 0 Å². The van der Waals surface area contributed by atoms with E-state index in [1.165, 1.54) is 12.0 Å². The monoisotopic (exact) mass is 291 g/mol. The van der Waals surface area contributed by atoms with Crippen molar-refractivity contribution in [2.45, 2.75) is 6.92 Å². The number of hydrogen-bond donors (Lipinski definition) is 0. The van der Waals surface area contributed by atoms with Crippen LogP contribution in [0.25, 0.3) is 6.08 Å². The number of hydrogen-bond acceptors (Lipinski definition) is 3. The topological polar surface area (TPSA) is 46.6 Å². The molecule has 4 nitrogen and oxygen atoms in total. The second-order valence-electron chi connectivity index (χ2n) is 4.43. The van der Waals surface area contributed by atoms with Crippen LogP contribution < -0.4 is 0 Å². The third-order valence-electron chi connectivity index (χ3n) is 3.22. The van der Waals surface area contributed by atoms with Gasteiger partial charge in [0.25, 0.3) is 5.91 Å². The molecule has 1 aromatic carbocycles. The molecule has 1 aliphatic rings. The molecule has 0 saturated heterocycles. The van der Waals surface area contributed by atoms with Crippen molar-refractivity contribution in [2.24, 2.45) is 0 Å². The van der Waals surface area contributed by atoms with Crippen LogP contribution >= 0.6 is 11.6 Å². The highest BCUT2D eigenvalue weighted by Gasteiger charge is 2.34. The Morgan fingerprint density at radius 3 is 2.70 bits per heavy atom. The van der Waals surface area contributed by atoms with Gasteiger partial charge < -0.3 is 9.64 Å². The lowest BCUT2D eigenvalue weighted by atomic mass is 10.0. The van der Waals surface area contributed by atoms with E-state index in [2.05, 4.69) is 0 Å². The predicted octanol–water partition coefficient (Wildman–Crippen LogP) is 2.64. The first-order chi connectivity index (χ1) is 9.45. The number of halogens is 1. The van der Waals surface area contributed by atoms with E-state index in [1.54, 1.807) is 38.2 Å². The molecule has 0 aliphatic carbocycles. The van der Waals surface area contributed by atoms with E-state index < -0.39 is 5.97 Å². The lowest BCUT2D eigenvalue weighted by Crippen LogP contribution is -2.19. The summed E-state index contributed by atoms with van der Waals surface area (Å²) in [5.41, 5.74) is 1.94. The Bertz CT molecular complexity index is 646. The number of allylic oxidation sites excluding steroid dienone is 1. The lowest BCUT2D eigenvalue weighted by molar-refractivity contribution is -0.136. The van der Waals surface area contributed by atoms with Crippen molar-refractivity contribution in [1.29, 1.82) is 0 Å². The number of amides is 1. The van der Waals surface area contributed by atoms with Gasteiger partial charge in [0.15, 0.2) is 0 Å². The third-order valence-corrected chi connectivity index (χ3v) is 3.45. The highest BCUT2D eigenvalue weighted by atomic mass is 35.5. The zero-order valence-electron chi connectivity index (χ0n) is 11.4. The molecule has 0 unspecified atom stereocenters. The van der Waals surface area contributed by atoms with Crippen LogP contribution in [0.4, 0.5) is 0 Å². The van der Waals surface area contributed by atoms with Crippen molar-refractivity contribution in [3.8, 4) is 0 Å². The standard InChI is InChI=1S/C15H14ClNO3/c1-9-13(15(19)20-3)12(14(18)17(9)2)8-10-5-4-6-11(16)7-10/h4-8H,1-3H3. The number of nitrogens with zero attached hydrogens (tertiary/aromatic N) is 1. The molecule has 1 heterocycles. The molecule has 5 heteroatoms. The normalized spacial score (nSPS) is 17.1. The van der Waals surface area contributed by atoms with E-state index in [9.17, 15) is 9.59 Å². The molecule has 2 rings (SSSR count). The van der Waals surface area contributed by atoms with Gasteiger partial charge in [-0.3, -0.25) is 4.79 Å². The predicted molar refractivity (Wildman–Crippen MR) is 76.9 cm³/mol. The number of carbonyl (C=O) groups is 2. The van der Waals surface area contributed by atoms with Crippen molar-refractivity contribution in [2.75, 3.05) is 14.2 Å². The van der Waals surface area contributed by atoms with Gasteiger partial charge in [0.2, 0.25) is 0 Å². The minimum atomic E-state index is -0.520. The average Bonchev–Trinajstić information content (AvgIpc) is 2.63. The van der Waals surface area contributed by atoms with Gasteiger partial charge in [-0.1, -0.05) is 23.7 Å². The summed E-state index contributed by atoms with van der Waals surface area (Å²) in [7, 11) is 2.92. The summed E-state index contributed by atoms with van der Waals surface area (Å²) >= 11 is 5.92. The molecule has 1 aliphatic heterocycles. The van der Waals surface area contributed by atoms with Crippen LogP contribution in [0.3, 0.4) is 0 Å². The van der Waals surface area contributed by atoms with E-state index >= 15 is 0 Å². The number of esters is 1. The maximum absolute atomic E-state index is 12.2. The summed E-state index contributed by atoms with van der Waals surface area (Å²) in [6.45, 7) is 1.71. The number of benzene rings is 1. The van der Waals surface area contributed by atoms with Gasteiger partial charge in [-0.25, -0.2) is 4.79 Å². The molecule has 104 valence electrons.